The maximum atomic E-state index is 11.7. The van der Waals surface area contributed by atoms with Crippen molar-refractivity contribution in [3.8, 4) is 0 Å². The molecule has 0 aromatic heterocycles. The number of nitrogens with two attached hydrogens (primary N) is 1. The molecule has 0 atom stereocenters. The van der Waals surface area contributed by atoms with Crippen molar-refractivity contribution in [1.82, 2.24) is 5.32 Å². The van der Waals surface area contributed by atoms with Gasteiger partial charge in [0.1, 0.15) is 0 Å². The molecule has 0 saturated carbocycles. The maximum absolute atomic E-state index is 11.7. The quantitative estimate of drug-likeness (QED) is 0.714. The Morgan fingerprint density at radius 2 is 1.90 bits per heavy atom. The maximum Gasteiger partial charge on any atom is 0.251 e. The summed E-state index contributed by atoms with van der Waals surface area (Å²) in [6.45, 7) is 3.30. The molecule has 0 saturated heterocycles. The monoisotopic (exact) mass is 283 g/mol. The van der Waals surface area contributed by atoms with Gasteiger partial charge in [0.05, 0.1) is 11.4 Å². The van der Waals surface area contributed by atoms with Crippen LogP contribution in [0.1, 0.15) is 22.8 Å². The van der Waals surface area contributed by atoms with Gasteiger partial charge in [-0.1, -0.05) is 30.3 Å². The third-order valence-electron chi connectivity index (χ3n) is 3.22. The number of carbonyl (C=O) groups excluding carboxylic acids is 1. The number of amides is 1. The Hall–Kier alpha value is -2.49. The standard InChI is InChI=1S/C17H21N3O/c1-2-19-17(21)14-8-9-16(15(18)12-14)20-11-10-13-6-4-3-5-7-13/h3-9,12,20H,2,10-11,18H2,1H3,(H,19,21). The van der Waals surface area contributed by atoms with E-state index in [1.807, 2.05) is 31.2 Å². The highest BCUT2D eigenvalue weighted by atomic mass is 16.1. The van der Waals surface area contributed by atoms with E-state index in [1.54, 1.807) is 12.1 Å². The first-order valence-corrected chi connectivity index (χ1v) is 7.16. The predicted octanol–water partition coefficient (Wildman–Crippen LogP) is 2.67. The predicted molar refractivity (Wildman–Crippen MR) is 87.5 cm³/mol. The number of hydrogen-bond donors (Lipinski definition) is 3. The van der Waals surface area contributed by atoms with Crippen LogP contribution in [0, 0.1) is 0 Å². The first kappa shape index (κ1) is 14.9. The number of nitrogen functional groups attached to an aromatic ring is 1. The van der Waals surface area contributed by atoms with E-state index < -0.39 is 0 Å². The molecule has 0 spiro atoms. The van der Waals surface area contributed by atoms with Crippen LogP contribution in [0.4, 0.5) is 11.4 Å². The van der Waals surface area contributed by atoms with Gasteiger partial charge in [0, 0.05) is 18.7 Å². The van der Waals surface area contributed by atoms with Crippen LogP contribution < -0.4 is 16.4 Å². The first-order valence-electron chi connectivity index (χ1n) is 7.16. The summed E-state index contributed by atoms with van der Waals surface area (Å²) in [7, 11) is 0. The molecule has 0 radical (unpaired) electrons. The van der Waals surface area contributed by atoms with Crippen molar-refractivity contribution < 1.29 is 4.79 Å². The molecule has 0 aliphatic heterocycles. The highest BCUT2D eigenvalue weighted by molar-refractivity contribution is 5.96. The summed E-state index contributed by atoms with van der Waals surface area (Å²) in [6, 6.07) is 15.6. The van der Waals surface area contributed by atoms with Gasteiger partial charge in [-0.2, -0.15) is 0 Å². The minimum absolute atomic E-state index is 0.0972. The van der Waals surface area contributed by atoms with Crippen molar-refractivity contribution in [2.24, 2.45) is 0 Å². The van der Waals surface area contributed by atoms with Gasteiger partial charge in [0.2, 0.25) is 0 Å². The van der Waals surface area contributed by atoms with Crippen molar-refractivity contribution in [1.29, 1.82) is 0 Å². The molecule has 0 unspecified atom stereocenters. The van der Waals surface area contributed by atoms with Gasteiger partial charge in [0.25, 0.3) is 5.91 Å². The Bertz CT molecular complexity index is 596. The van der Waals surface area contributed by atoms with Crippen LogP contribution in [0.15, 0.2) is 48.5 Å². The van der Waals surface area contributed by atoms with E-state index in [2.05, 4.69) is 22.8 Å². The van der Waals surface area contributed by atoms with E-state index >= 15 is 0 Å². The lowest BCUT2D eigenvalue weighted by molar-refractivity contribution is 0.0956. The van der Waals surface area contributed by atoms with E-state index in [0.29, 0.717) is 17.8 Å². The van der Waals surface area contributed by atoms with Gasteiger partial charge >= 0.3 is 0 Å². The SMILES string of the molecule is CCNC(=O)c1ccc(NCCc2ccccc2)c(N)c1. The normalized spacial score (nSPS) is 10.1. The summed E-state index contributed by atoms with van der Waals surface area (Å²) in [5.41, 5.74) is 9.31. The van der Waals surface area contributed by atoms with E-state index in [0.717, 1.165) is 18.7 Å². The molecule has 2 aromatic carbocycles. The summed E-state index contributed by atoms with van der Waals surface area (Å²) in [5.74, 6) is -0.0972. The van der Waals surface area contributed by atoms with Crippen LogP contribution in [0.3, 0.4) is 0 Å². The van der Waals surface area contributed by atoms with Crippen molar-refractivity contribution >= 4 is 17.3 Å². The Kier molecular flexibility index (Phi) is 5.21. The molecule has 0 fully saturated rings. The average molecular weight is 283 g/mol. The van der Waals surface area contributed by atoms with Crippen molar-refractivity contribution in [2.45, 2.75) is 13.3 Å². The van der Waals surface area contributed by atoms with Crippen LogP contribution in [0.25, 0.3) is 0 Å². The number of nitrogens with one attached hydrogen (secondary N) is 2. The molecule has 0 aliphatic carbocycles. The topological polar surface area (TPSA) is 67.2 Å². The second-order valence-electron chi connectivity index (χ2n) is 4.82. The lowest BCUT2D eigenvalue weighted by Gasteiger charge is -2.11. The highest BCUT2D eigenvalue weighted by Crippen LogP contribution is 2.20. The zero-order valence-corrected chi connectivity index (χ0v) is 12.2. The van der Waals surface area contributed by atoms with E-state index in [-0.39, 0.29) is 5.91 Å². The fourth-order valence-corrected chi connectivity index (χ4v) is 2.11. The van der Waals surface area contributed by atoms with E-state index in [1.165, 1.54) is 5.56 Å². The van der Waals surface area contributed by atoms with E-state index in [4.69, 9.17) is 5.73 Å². The molecule has 0 bridgehead atoms. The number of hydrogen-bond acceptors (Lipinski definition) is 3. The van der Waals surface area contributed by atoms with Crippen LogP contribution in [-0.2, 0) is 6.42 Å². The van der Waals surface area contributed by atoms with Gasteiger partial charge in [-0.3, -0.25) is 4.79 Å². The fraction of sp³-hybridized carbons (Fsp3) is 0.235. The van der Waals surface area contributed by atoms with Crippen molar-refractivity contribution in [3.63, 3.8) is 0 Å². The van der Waals surface area contributed by atoms with Crippen molar-refractivity contribution in [2.75, 3.05) is 24.1 Å². The molecule has 4 nitrogen and oxygen atoms in total. The Morgan fingerprint density at radius 1 is 1.14 bits per heavy atom. The molecule has 2 aromatic rings. The smallest absolute Gasteiger partial charge is 0.251 e. The molecule has 1 amide bonds. The van der Waals surface area contributed by atoms with Crippen LogP contribution in [0.2, 0.25) is 0 Å². The minimum Gasteiger partial charge on any atom is -0.397 e. The third-order valence-corrected chi connectivity index (χ3v) is 3.22. The lowest BCUT2D eigenvalue weighted by Crippen LogP contribution is -2.22. The third kappa shape index (κ3) is 4.24. The Morgan fingerprint density at radius 3 is 2.57 bits per heavy atom. The van der Waals surface area contributed by atoms with Gasteiger partial charge in [-0.15, -0.1) is 0 Å². The Balaban J connectivity index is 1.93. The molecule has 110 valence electrons. The Labute approximate surface area is 125 Å². The molecule has 21 heavy (non-hydrogen) atoms. The lowest BCUT2D eigenvalue weighted by atomic mass is 10.1. The fourth-order valence-electron chi connectivity index (χ4n) is 2.11. The summed E-state index contributed by atoms with van der Waals surface area (Å²) < 4.78 is 0. The van der Waals surface area contributed by atoms with Crippen LogP contribution >= 0.6 is 0 Å². The zero-order valence-electron chi connectivity index (χ0n) is 12.2. The highest BCUT2D eigenvalue weighted by Gasteiger charge is 2.06. The van der Waals surface area contributed by atoms with Crippen molar-refractivity contribution in [3.05, 3.63) is 59.7 Å². The summed E-state index contributed by atoms with van der Waals surface area (Å²) >= 11 is 0. The molecule has 4 N–H and O–H groups in total. The van der Waals surface area contributed by atoms with Crippen LogP contribution in [0.5, 0.6) is 0 Å². The minimum atomic E-state index is -0.0972. The second-order valence-corrected chi connectivity index (χ2v) is 4.82. The number of anilines is 2. The summed E-state index contributed by atoms with van der Waals surface area (Å²) in [4.78, 5) is 11.7. The number of carbonyl (C=O) groups is 1. The molecule has 0 aliphatic rings. The number of benzene rings is 2. The van der Waals surface area contributed by atoms with Gasteiger partial charge < -0.3 is 16.4 Å². The molecule has 0 heterocycles. The summed E-state index contributed by atoms with van der Waals surface area (Å²) in [6.07, 6.45) is 0.929. The van der Waals surface area contributed by atoms with Gasteiger partial charge in [-0.25, -0.2) is 0 Å². The number of rotatable bonds is 6. The molecular weight excluding hydrogens is 262 g/mol. The summed E-state index contributed by atoms with van der Waals surface area (Å²) in [5, 5.41) is 6.06. The van der Waals surface area contributed by atoms with E-state index in [9.17, 15) is 4.79 Å². The van der Waals surface area contributed by atoms with Gasteiger partial charge in [-0.05, 0) is 37.1 Å². The average Bonchev–Trinajstić information content (AvgIpc) is 2.50. The largest absolute Gasteiger partial charge is 0.397 e. The first-order chi connectivity index (χ1) is 10.2. The molecular formula is C17H21N3O. The zero-order chi connectivity index (χ0) is 15.1. The van der Waals surface area contributed by atoms with Crippen LogP contribution in [-0.4, -0.2) is 19.0 Å². The molecule has 4 heteroatoms. The second kappa shape index (κ2) is 7.33. The van der Waals surface area contributed by atoms with Gasteiger partial charge in [0.15, 0.2) is 0 Å². The molecule has 2 rings (SSSR count).